The molecule has 1 heterocycles. The highest BCUT2D eigenvalue weighted by molar-refractivity contribution is 5.88. The minimum Gasteiger partial charge on any atom is -0.461 e. The van der Waals surface area contributed by atoms with Crippen LogP contribution in [0.25, 0.3) is 11.0 Å². The fraction of sp³-hybridized carbons (Fsp3) is 0.318. The Kier molecular flexibility index (Phi) is 4.29. The van der Waals surface area contributed by atoms with Crippen LogP contribution in [0.3, 0.4) is 0 Å². The van der Waals surface area contributed by atoms with Gasteiger partial charge in [0.2, 0.25) is 5.91 Å². The first-order valence-corrected chi connectivity index (χ1v) is 9.13. The number of hydrogen-bond acceptors (Lipinski definition) is 3. The fourth-order valence-corrected chi connectivity index (χ4v) is 3.91. The van der Waals surface area contributed by atoms with Gasteiger partial charge in [-0.3, -0.25) is 4.79 Å². The standard InChI is InChI=1S/C22H23NO3/c1-2-19-18(17-9-5-6-10-20(17)26-19)11-21(24)23-14-22(25)12-15-7-3-4-8-16(15)13-22/h3-10,25H,2,11-14H2,1H3,(H,23,24). The van der Waals surface area contributed by atoms with Crippen LogP contribution in [0, 0.1) is 0 Å². The second kappa shape index (κ2) is 6.61. The normalized spacial score (nSPS) is 15.2. The fourth-order valence-electron chi connectivity index (χ4n) is 3.91. The first-order valence-electron chi connectivity index (χ1n) is 9.13. The van der Waals surface area contributed by atoms with E-state index in [4.69, 9.17) is 4.42 Å². The molecule has 1 aliphatic rings. The lowest BCUT2D eigenvalue weighted by molar-refractivity contribution is -0.121. The molecular weight excluding hydrogens is 326 g/mol. The van der Waals surface area contributed by atoms with Crippen LogP contribution in [0.15, 0.2) is 52.9 Å². The van der Waals surface area contributed by atoms with E-state index in [0.29, 0.717) is 12.8 Å². The Balaban J connectivity index is 1.44. The Morgan fingerprint density at radius 2 is 1.77 bits per heavy atom. The largest absolute Gasteiger partial charge is 0.461 e. The first-order chi connectivity index (χ1) is 12.6. The highest BCUT2D eigenvalue weighted by Gasteiger charge is 2.35. The van der Waals surface area contributed by atoms with Crippen molar-refractivity contribution in [2.45, 2.75) is 38.2 Å². The molecule has 2 N–H and O–H groups in total. The summed E-state index contributed by atoms with van der Waals surface area (Å²) in [4.78, 5) is 12.5. The van der Waals surface area contributed by atoms with Gasteiger partial charge in [-0.05, 0) is 17.2 Å². The van der Waals surface area contributed by atoms with E-state index in [-0.39, 0.29) is 18.9 Å². The summed E-state index contributed by atoms with van der Waals surface area (Å²) in [6.07, 6.45) is 2.18. The third-order valence-corrected chi connectivity index (χ3v) is 5.21. The van der Waals surface area contributed by atoms with Crippen molar-refractivity contribution in [2.75, 3.05) is 6.54 Å². The lowest BCUT2D eigenvalue weighted by Crippen LogP contribution is -2.44. The van der Waals surface area contributed by atoms with Crippen molar-refractivity contribution in [1.82, 2.24) is 5.32 Å². The first kappa shape index (κ1) is 16.9. The molecule has 4 heteroatoms. The van der Waals surface area contributed by atoms with Gasteiger partial charge < -0.3 is 14.8 Å². The number of para-hydroxylation sites is 1. The van der Waals surface area contributed by atoms with Gasteiger partial charge in [0.15, 0.2) is 0 Å². The van der Waals surface area contributed by atoms with E-state index in [9.17, 15) is 9.90 Å². The van der Waals surface area contributed by atoms with Gasteiger partial charge in [0.05, 0.1) is 12.0 Å². The minimum absolute atomic E-state index is 0.0874. The molecule has 2 aromatic carbocycles. The highest BCUT2D eigenvalue weighted by Crippen LogP contribution is 2.30. The number of carbonyl (C=O) groups is 1. The lowest BCUT2D eigenvalue weighted by Gasteiger charge is -2.22. The van der Waals surface area contributed by atoms with E-state index in [2.05, 4.69) is 5.32 Å². The zero-order chi connectivity index (χ0) is 18.1. The average molecular weight is 349 g/mol. The summed E-state index contributed by atoms with van der Waals surface area (Å²) in [5.74, 6) is 0.768. The molecule has 3 aromatic rings. The molecule has 0 saturated heterocycles. The number of rotatable bonds is 5. The van der Waals surface area contributed by atoms with Crippen molar-refractivity contribution in [3.05, 3.63) is 71.0 Å². The lowest BCUT2D eigenvalue weighted by atomic mass is 10.00. The average Bonchev–Trinajstić information content (AvgIpc) is 3.17. The molecule has 0 radical (unpaired) electrons. The molecule has 1 aliphatic carbocycles. The Morgan fingerprint density at radius 3 is 2.46 bits per heavy atom. The number of hydrogen-bond donors (Lipinski definition) is 2. The summed E-state index contributed by atoms with van der Waals surface area (Å²) in [7, 11) is 0. The third-order valence-electron chi connectivity index (χ3n) is 5.21. The molecule has 0 saturated carbocycles. The maximum absolute atomic E-state index is 12.5. The predicted molar refractivity (Wildman–Crippen MR) is 101 cm³/mol. The summed E-state index contributed by atoms with van der Waals surface area (Å²) in [6.45, 7) is 2.29. The van der Waals surface area contributed by atoms with E-state index in [1.807, 2.05) is 55.5 Å². The van der Waals surface area contributed by atoms with Crippen molar-refractivity contribution >= 4 is 16.9 Å². The molecule has 134 valence electrons. The minimum atomic E-state index is -0.897. The van der Waals surface area contributed by atoms with Crippen molar-refractivity contribution in [2.24, 2.45) is 0 Å². The summed E-state index contributed by atoms with van der Waals surface area (Å²) in [5, 5.41) is 14.7. The van der Waals surface area contributed by atoms with Crippen LogP contribution in [0.1, 0.15) is 29.4 Å². The smallest absolute Gasteiger partial charge is 0.224 e. The highest BCUT2D eigenvalue weighted by atomic mass is 16.3. The van der Waals surface area contributed by atoms with Crippen molar-refractivity contribution in [1.29, 1.82) is 0 Å². The van der Waals surface area contributed by atoms with Crippen LogP contribution in [0.2, 0.25) is 0 Å². The molecule has 1 amide bonds. The summed E-state index contributed by atoms with van der Waals surface area (Å²) in [6, 6.07) is 15.9. The van der Waals surface area contributed by atoms with Gasteiger partial charge >= 0.3 is 0 Å². The number of carbonyl (C=O) groups excluding carboxylic acids is 1. The number of aryl methyl sites for hydroxylation is 1. The second-order valence-electron chi connectivity index (χ2n) is 7.15. The Hall–Kier alpha value is -2.59. The molecule has 0 fully saturated rings. The monoisotopic (exact) mass is 349 g/mol. The van der Waals surface area contributed by atoms with E-state index < -0.39 is 5.60 Å². The predicted octanol–water partition coefficient (Wildman–Crippen LogP) is 3.18. The van der Waals surface area contributed by atoms with Crippen LogP contribution in [0.4, 0.5) is 0 Å². The molecule has 4 rings (SSSR count). The summed E-state index contributed by atoms with van der Waals surface area (Å²) < 4.78 is 5.86. The number of aliphatic hydroxyl groups is 1. The van der Waals surface area contributed by atoms with Gasteiger partial charge in [-0.2, -0.15) is 0 Å². The molecule has 0 bridgehead atoms. The molecule has 0 spiro atoms. The van der Waals surface area contributed by atoms with Gasteiger partial charge in [0.1, 0.15) is 11.3 Å². The quantitative estimate of drug-likeness (QED) is 0.744. The zero-order valence-corrected chi connectivity index (χ0v) is 14.9. The molecular formula is C22H23NO3. The van der Waals surface area contributed by atoms with E-state index >= 15 is 0 Å². The molecule has 0 aliphatic heterocycles. The van der Waals surface area contributed by atoms with E-state index in [1.54, 1.807) is 0 Å². The van der Waals surface area contributed by atoms with Crippen molar-refractivity contribution in [3.8, 4) is 0 Å². The number of benzene rings is 2. The van der Waals surface area contributed by atoms with Crippen LogP contribution in [-0.4, -0.2) is 23.2 Å². The topological polar surface area (TPSA) is 62.5 Å². The summed E-state index contributed by atoms with van der Waals surface area (Å²) in [5.41, 5.74) is 3.20. The van der Waals surface area contributed by atoms with Gasteiger partial charge in [-0.15, -0.1) is 0 Å². The number of nitrogens with one attached hydrogen (secondary N) is 1. The zero-order valence-electron chi connectivity index (χ0n) is 14.9. The van der Waals surface area contributed by atoms with E-state index in [0.717, 1.165) is 28.7 Å². The third kappa shape index (κ3) is 3.13. The van der Waals surface area contributed by atoms with Gasteiger partial charge in [-0.1, -0.05) is 49.4 Å². The molecule has 0 atom stereocenters. The molecule has 1 aromatic heterocycles. The van der Waals surface area contributed by atoms with Crippen molar-refractivity contribution in [3.63, 3.8) is 0 Å². The maximum Gasteiger partial charge on any atom is 0.224 e. The van der Waals surface area contributed by atoms with Crippen LogP contribution < -0.4 is 5.32 Å². The molecule has 26 heavy (non-hydrogen) atoms. The Labute approximate surface area is 152 Å². The van der Waals surface area contributed by atoms with Crippen molar-refractivity contribution < 1.29 is 14.3 Å². The van der Waals surface area contributed by atoms with Gasteiger partial charge in [0, 0.05) is 36.8 Å². The van der Waals surface area contributed by atoms with Gasteiger partial charge in [0.25, 0.3) is 0 Å². The Bertz CT molecular complexity index is 932. The Morgan fingerprint density at radius 1 is 1.12 bits per heavy atom. The molecule has 0 unspecified atom stereocenters. The van der Waals surface area contributed by atoms with Crippen LogP contribution in [-0.2, 0) is 30.5 Å². The second-order valence-corrected chi connectivity index (χ2v) is 7.15. The number of furan rings is 1. The summed E-state index contributed by atoms with van der Waals surface area (Å²) >= 11 is 0. The van der Waals surface area contributed by atoms with Crippen LogP contribution >= 0.6 is 0 Å². The van der Waals surface area contributed by atoms with E-state index in [1.165, 1.54) is 11.1 Å². The van der Waals surface area contributed by atoms with Gasteiger partial charge in [-0.25, -0.2) is 0 Å². The number of amides is 1. The number of fused-ring (bicyclic) bond motifs is 2. The molecule has 4 nitrogen and oxygen atoms in total. The maximum atomic E-state index is 12.5. The van der Waals surface area contributed by atoms with Crippen LogP contribution in [0.5, 0.6) is 0 Å². The SMILES string of the molecule is CCc1oc2ccccc2c1CC(=O)NCC1(O)Cc2ccccc2C1.